The van der Waals surface area contributed by atoms with Gasteiger partial charge >= 0.3 is 5.97 Å². The van der Waals surface area contributed by atoms with Crippen molar-refractivity contribution in [1.82, 2.24) is 4.57 Å². The molecule has 0 saturated carbocycles. The Bertz CT molecular complexity index is 1130. The number of carboxylic acids is 1. The SMILES string of the molecule is CCOc1ccc2c(c1)=C/C(=C\c1sc(=S)n(CCC(=O)O)c1O)C(=O)N=2. The molecule has 0 spiro atoms. The Kier molecular flexibility index (Phi) is 5.52. The van der Waals surface area contributed by atoms with Crippen molar-refractivity contribution in [1.29, 1.82) is 0 Å². The fourth-order valence-electron chi connectivity index (χ4n) is 2.57. The lowest BCUT2D eigenvalue weighted by Crippen LogP contribution is -2.30. The van der Waals surface area contributed by atoms with Gasteiger partial charge in [0.25, 0.3) is 5.91 Å². The Morgan fingerprint density at radius 3 is 2.93 bits per heavy atom. The number of hydrogen-bond acceptors (Lipinski definition) is 6. The summed E-state index contributed by atoms with van der Waals surface area (Å²) >= 11 is 6.28. The largest absolute Gasteiger partial charge is 0.494 e. The fourth-order valence-corrected chi connectivity index (χ4v) is 3.88. The Morgan fingerprint density at radius 1 is 1.44 bits per heavy atom. The van der Waals surface area contributed by atoms with E-state index in [9.17, 15) is 14.7 Å². The molecule has 1 aromatic carbocycles. The Hall–Kier alpha value is -2.78. The first-order valence-electron chi connectivity index (χ1n) is 8.12. The first-order chi connectivity index (χ1) is 12.9. The van der Waals surface area contributed by atoms with E-state index < -0.39 is 11.9 Å². The van der Waals surface area contributed by atoms with E-state index in [0.29, 0.717) is 32.1 Å². The lowest BCUT2D eigenvalue weighted by molar-refractivity contribution is -0.137. The molecule has 1 aromatic heterocycles. The van der Waals surface area contributed by atoms with Crippen LogP contribution in [0, 0.1) is 3.95 Å². The number of amides is 1. The van der Waals surface area contributed by atoms with Gasteiger partial charge < -0.3 is 14.9 Å². The molecule has 0 atom stereocenters. The average molecular weight is 404 g/mol. The number of aliphatic carboxylic acids is 1. The molecule has 0 bridgehead atoms. The molecule has 0 saturated heterocycles. The van der Waals surface area contributed by atoms with Gasteiger partial charge in [-0.25, -0.2) is 4.99 Å². The molecule has 0 unspecified atom stereocenters. The van der Waals surface area contributed by atoms with E-state index in [-0.39, 0.29) is 18.8 Å². The molecule has 0 radical (unpaired) electrons. The summed E-state index contributed by atoms with van der Waals surface area (Å²) in [7, 11) is 0. The number of thiazole rings is 1. The van der Waals surface area contributed by atoms with Crippen LogP contribution in [0.25, 0.3) is 12.2 Å². The van der Waals surface area contributed by atoms with E-state index in [1.807, 2.05) is 6.92 Å². The third-order valence-electron chi connectivity index (χ3n) is 3.82. The van der Waals surface area contributed by atoms with Crippen LogP contribution < -0.4 is 15.3 Å². The highest BCUT2D eigenvalue weighted by atomic mass is 32.1. The first-order valence-corrected chi connectivity index (χ1v) is 9.35. The number of ether oxygens (including phenoxy) is 1. The van der Waals surface area contributed by atoms with Crippen molar-refractivity contribution in [3.05, 3.63) is 43.2 Å². The number of benzene rings is 1. The standard InChI is InChI=1S/C18H16N2O5S2/c1-2-25-12-3-4-13-10(8-12)7-11(16(23)19-13)9-14-17(24)20(18(26)27-14)6-5-15(21)22/h3-4,7-9,24H,2,5-6H2,1H3,(H,21,22)/b11-9+. The summed E-state index contributed by atoms with van der Waals surface area (Å²) in [6.45, 7) is 2.47. The van der Waals surface area contributed by atoms with Gasteiger partial charge in [0.15, 0.2) is 3.95 Å². The first kappa shape index (κ1) is 19.0. The summed E-state index contributed by atoms with van der Waals surface area (Å²) in [5, 5.41) is 20.4. The fraction of sp³-hybridized carbons (Fsp3) is 0.222. The van der Waals surface area contributed by atoms with E-state index in [1.165, 1.54) is 10.6 Å². The van der Waals surface area contributed by atoms with Crippen molar-refractivity contribution in [2.75, 3.05) is 6.61 Å². The van der Waals surface area contributed by atoms with E-state index in [2.05, 4.69) is 4.99 Å². The molecule has 0 aliphatic carbocycles. The van der Waals surface area contributed by atoms with Crippen LogP contribution in [-0.4, -0.2) is 33.3 Å². The molecule has 0 fully saturated rings. The topological polar surface area (TPSA) is 101 Å². The van der Waals surface area contributed by atoms with Crippen LogP contribution in [0.1, 0.15) is 18.2 Å². The molecule has 2 heterocycles. The monoisotopic (exact) mass is 404 g/mol. The number of nitrogens with zero attached hydrogens (tertiary/aromatic N) is 2. The Labute approximate surface area is 163 Å². The van der Waals surface area contributed by atoms with E-state index in [0.717, 1.165) is 16.6 Å². The van der Waals surface area contributed by atoms with Crippen molar-refractivity contribution >= 4 is 47.6 Å². The predicted octanol–water partition coefficient (Wildman–Crippen LogP) is 1.88. The van der Waals surface area contributed by atoms with E-state index in [1.54, 1.807) is 24.3 Å². The van der Waals surface area contributed by atoms with Crippen LogP contribution in [0.2, 0.25) is 0 Å². The number of carbonyl (C=O) groups excluding carboxylic acids is 1. The van der Waals surface area contributed by atoms with Gasteiger partial charge in [-0.1, -0.05) is 0 Å². The van der Waals surface area contributed by atoms with Gasteiger partial charge in [0.2, 0.25) is 5.88 Å². The van der Waals surface area contributed by atoms with Crippen molar-refractivity contribution < 1.29 is 24.5 Å². The van der Waals surface area contributed by atoms with Gasteiger partial charge in [0, 0.05) is 17.3 Å². The smallest absolute Gasteiger partial charge is 0.305 e. The van der Waals surface area contributed by atoms with Gasteiger partial charge in [-0.05, 0) is 49.5 Å². The van der Waals surface area contributed by atoms with E-state index >= 15 is 0 Å². The zero-order valence-corrected chi connectivity index (χ0v) is 16.0. The summed E-state index contributed by atoms with van der Waals surface area (Å²) in [6, 6.07) is 5.26. The number of aromatic hydroxyl groups is 1. The number of aromatic nitrogens is 1. The van der Waals surface area contributed by atoms with Crippen LogP contribution in [0.4, 0.5) is 0 Å². The van der Waals surface area contributed by atoms with Crippen molar-refractivity contribution in [3.8, 4) is 11.6 Å². The van der Waals surface area contributed by atoms with Gasteiger partial charge in [-0.3, -0.25) is 14.2 Å². The third kappa shape index (κ3) is 4.15. The number of rotatable bonds is 6. The summed E-state index contributed by atoms with van der Waals surface area (Å²) < 4.78 is 7.14. The minimum Gasteiger partial charge on any atom is -0.494 e. The second-order valence-electron chi connectivity index (χ2n) is 5.67. The van der Waals surface area contributed by atoms with Crippen molar-refractivity contribution in [2.24, 2.45) is 4.99 Å². The maximum Gasteiger partial charge on any atom is 0.305 e. The van der Waals surface area contributed by atoms with Gasteiger partial charge in [0.05, 0.1) is 23.3 Å². The van der Waals surface area contributed by atoms with Gasteiger partial charge in [0.1, 0.15) is 5.75 Å². The molecule has 1 aliphatic rings. The Balaban J connectivity index is 2.01. The van der Waals surface area contributed by atoms with Crippen LogP contribution in [0.5, 0.6) is 11.6 Å². The molecule has 2 N–H and O–H groups in total. The highest BCUT2D eigenvalue weighted by molar-refractivity contribution is 7.73. The zero-order chi connectivity index (χ0) is 19.6. The zero-order valence-electron chi connectivity index (χ0n) is 14.3. The van der Waals surface area contributed by atoms with Gasteiger partial charge in [-0.2, -0.15) is 0 Å². The number of hydrogen-bond donors (Lipinski definition) is 2. The summed E-state index contributed by atoms with van der Waals surface area (Å²) in [5.41, 5.74) is 0.299. The molecule has 3 rings (SSSR count). The normalized spacial score (nSPS) is 14.4. The number of carboxylic acid groups (broad SMARTS) is 1. The van der Waals surface area contributed by atoms with Crippen LogP contribution in [0.15, 0.2) is 28.8 Å². The molecular formula is C18H16N2O5S2. The molecule has 1 amide bonds. The molecule has 140 valence electrons. The van der Waals surface area contributed by atoms with Crippen molar-refractivity contribution in [3.63, 3.8) is 0 Å². The highest BCUT2D eigenvalue weighted by Gasteiger charge is 2.16. The summed E-state index contributed by atoms with van der Waals surface area (Å²) in [4.78, 5) is 27.5. The lowest BCUT2D eigenvalue weighted by atomic mass is 10.1. The third-order valence-corrected chi connectivity index (χ3v) is 5.21. The number of carbonyl (C=O) groups is 2. The Morgan fingerprint density at radius 2 is 2.22 bits per heavy atom. The minimum absolute atomic E-state index is 0.0578. The molecular weight excluding hydrogens is 388 g/mol. The highest BCUT2D eigenvalue weighted by Crippen LogP contribution is 2.29. The second kappa shape index (κ2) is 7.85. The summed E-state index contributed by atoms with van der Waals surface area (Å²) in [6.07, 6.45) is 3.02. The molecule has 1 aliphatic heterocycles. The lowest BCUT2D eigenvalue weighted by Gasteiger charge is -2.06. The predicted molar refractivity (Wildman–Crippen MR) is 103 cm³/mol. The molecule has 2 aromatic rings. The molecule has 27 heavy (non-hydrogen) atoms. The van der Waals surface area contributed by atoms with E-state index in [4.69, 9.17) is 22.1 Å². The van der Waals surface area contributed by atoms with Crippen LogP contribution >= 0.6 is 23.6 Å². The second-order valence-corrected chi connectivity index (χ2v) is 7.34. The maximum absolute atomic E-state index is 12.3. The van der Waals surface area contributed by atoms with Crippen LogP contribution in [0.3, 0.4) is 0 Å². The van der Waals surface area contributed by atoms with Crippen LogP contribution in [-0.2, 0) is 16.1 Å². The van der Waals surface area contributed by atoms with Crippen molar-refractivity contribution in [2.45, 2.75) is 19.9 Å². The minimum atomic E-state index is -0.987. The maximum atomic E-state index is 12.3. The molecule has 9 heteroatoms. The average Bonchev–Trinajstić information content (AvgIpc) is 2.87. The number of fused-ring (bicyclic) bond motifs is 1. The summed E-state index contributed by atoms with van der Waals surface area (Å²) in [5.74, 6) is -0.898. The quantitative estimate of drug-likeness (QED) is 0.563. The molecule has 7 nitrogen and oxygen atoms in total. The van der Waals surface area contributed by atoms with Gasteiger partial charge in [-0.15, -0.1) is 11.3 Å².